The zero-order chi connectivity index (χ0) is 15.5. The highest BCUT2D eigenvalue weighted by Crippen LogP contribution is 2.15. The molecule has 0 aliphatic heterocycles. The van der Waals surface area contributed by atoms with Gasteiger partial charge in [0.15, 0.2) is 0 Å². The van der Waals surface area contributed by atoms with Gasteiger partial charge in [0.2, 0.25) is 10.0 Å². The number of sulfonamides is 1. The highest BCUT2D eigenvalue weighted by molar-refractivity contribution is 7.89. The summed E-state index contributed by atoms with van der Waals surface area (Å²) in [4.78, 5) is 16.0. The van der Waals surface area contributed by atoms with Gasteiger partial charge < -0.3 is 5.32 Å². The molecule has 0 aliphatic rings. The van der Waals surface area contributed by atoms with Crippen LogP contribution < -0.4 is 10.0 Å². The molecule has 2 rings (SSSR count). The largest absolute Gasteiger partial charge is 0.321 e. The molecule has 21 heavy (non-hydrogen) atoms. The first kappa shape index (κ1) is 15.4. The second-order valence-corrected chi connectivity index (χ2v) is 6.37. The van der Waals surface area contributed by atoms with Crippen LogP contribution in [0.15, 0.2) is 47.5 Å². The maximum atomic E-state index is 11.9. The maximum Gasteiger partial charge on any atom is 0.274 e. The molecule has 6 nitrogen and oxygen atoms in total. The Morgan fingerprint density at radius 2 is 1.86 bits per heavy atom. The van der Waals surface area contributed by atoms with Gasteiger partial charge in [-0.15, -0.1) is 0 Å². The van der Waals surface area contributed by atoms with Crippen LogP contribution >= 0.6 is 11.6 Å². The molecule has 0 bridgehead atoms. The number of rotatable bonds is 4. The summed E-state index contributed by atoms with van der Waals surface area (Å²) in [5.74, 6) is -0.429. The van der Waals surface area contributed by atoms with Gasteiger partial charge in [-0.25, -0.2) is 13.1 Å². The smallest absolute Gasteiger partial charge is 0.274 e. The van der Waals surface area contributed by atoms with Crippen LogP contribution in [0.25, 0.3) is 0 Å². The summed E-state index contributed by atoms with van der Waals surface area (Å²) in [6.07, 6.45) is 1.43. The summed E-state index contributed by atoms with van der Waals surface area (Å²) < 4.78 is 25.4. The topological polar surface area (TPSA) is 88.2 Å². The van der Waals surface area contributed by atoms with Crippen molar-refractivity contribution in [2.75, 3.05) is 12.4 Å². The van der Waals surface area contributed by atoms with Crippen LogP contribution in [-0.4, -0.2) is 26.4 Å². The standard InChI is InChI=1S/C13H12ClN3O3S/c1-15-21(19,20)11-4-2-10(3-5-11)17-13(18)12-8-9(14)6-7-16-12/h2-8,15H,1H3,(H,17,18). The fourth-order valence-corrected chi connectivity index (χ4v) is 2.45. The third-order valence-electron chi connectivity index (χ3n) is 2.65. The van der Waals surface area contributed by atoms with E-state index in [4.69, 9.17) is 11.6 Å². The first-order chi connectivity index (χ1) is 9.92. The van der Waals surface area contributed by atoms with Crippen molar-refractivity contribution in [1.29, 1.82) is 0 Å². The van der Waals surface area contributed by atoms with Crippen LogP contribution in [0.4, 0.5) is 5.69 Å². The summed E-state index contributed by atoms with van der Waals surface area (Å²) in [5.41, 5.74) is 0.631. The van der Waals surface area contributed by atoms with Crippen molar-refractivity contribution in [3.05, 3.63) is 53.3 Å². The number of hydrogen-bond acceptors (Lipinski definition) is 4. The quantitative estimate of drug-likeness (QED) is 0.898. The molecule has 1 aromatic carbocycles. The monoisotopic (exact) mass is 325 g/mol. The minimum atomic E-state index is -3.49. The lowest BCUT2D eigenvalue weighted by atomic mass is 10.3. The Balaban J connectivity index is 2.16. The van der Waals surface area contributed by atoms with Crippen molar-refractivity contribution in [2.45, 2.75) is 4.90 Å². The van der Waals surface area contributed by atoms with E-state index in [-0.39, 0.29) is 10.6 Å². The Bertz CT molecular complexity index is 760. The maximum absolute atomic E-state index is 11.9. The van der Waals surface area contributed by atoms with Gasteiger partial charge in [-0.05, 0) is 43.4 Å². The summed E-state index contributed by atoms with van der Waals surface area (Å²) in [5, 5.41) is 3.01. The van der Waals surface area contributed by atoms with E-state index in [0.717, 1.165) is 0 Å². The average molecular weight is 326 g/mol. The Kier molecular flexibility index (Phi) is 4.56. The molecule has 8 heteroatoms. The number of anilines is 1. The summed E-state index contributed by atoms with van der Waals surface area (Å²) in [6.45, 7) is 0. The van der Waals surface area contributed by atoms with Crippen molar-refractivity contribution >= 4 is 33.2 Å². The molecule has 0 atom stereocenters. The van der Waals surface area contributed by atoms with Gasteiger partial charge in [-0.3, -0.25) is 9.78 Å². The van der Waals surface area contributed by atoms with Gasteiger partial charge in [-0.1, -0.05) is 11.6 Å². The van der Waals surface area contributed by atoms with E-state index in [9.17, 15) is 13.2 Å². The first-order valence-electron chi connectivity index (χ1n) is 5.89. The number of benzene rings is 1. The Hall–Kier alpha value is -1.96. The van der Waals surface area contributed by atoms with Crippen molar-refractivity contribution in [2.24, 2.45) is 0 Å². The number of pyridine rings is 1. The van der Waals surface area contributed by atoms with Gasteiger partial charge in [0, 0.05) is 16.9 Å². The Morgan fingerprint density at radius 1 is 1.19 bits per heavy atom. The highest BCUT2D eigenvalue weighted by Gasteiger charge is 2.12. The number of nitrogens with one attached hydrogen (secondary N) is 2. The SMILES string of the molecule is CNS(=O)(=O)c1ccc(NC(=O)c2cc(Cl)ccn2)cc1. The minimum absolute atomic E-state index is 0.115. The number of carbonyl (C=O) groups excluding carboxylic acids is 1. The molecule has 1 aromatic heterocycles. The molecule has 0 unspecified atom stereocenters. The zero-order valence-corrected chi connectivity index (χ0v) is 12.6. The van der Waals surface area contributed by atoms with E-state index < -0.39 is 15.9 Å². The van der Waals surface area contributed by atoms with Crippen LogP contribution in [0.5, 0.6) is 0 Å². The van der Waals surface area contributed by atoms with Gasteiger partial charge in [0.1, 0.15) is 5.69 Å². The van der Waals surface area contributed by atoms with Crippen LogP contribution in [-0.2, 0) is 10.0 Å². The van der Waals surface area contributed by atoms with Crippen LogP contribution in [0.2, 0.25) is 5.02 Å². The third-order valence-corrected chi connectivity index (χ3v) is 4.31. The second-order valence-electron chi connectivity index (χ2n) is 4.05. The molecule has 0 saturated carbocycles. The Labute approximate surface area is 127 Å². The van der Waals surface area contributed by atoms with E-state index in [2.05, 4.69) is 15.0 Å². The van der Waals surface area contributed by atoms with Gasteiger partial charge in [-0.2, -0.15) is 0 Å². The molecule has 1 amide bonds. The molecule has 0 spiro atoms. The van der Waals surface area contributed by atoms with Crippen molar-refractivity contribution in [1.82, 2.24) is 9.71 Å². The van der Waals surface area contributed by atoms with Gasteiger partial charge in [0.05, 0.1) is 4.90 Å². The zero-order valence-electron chi connectivity index (χ0n) is 11.0. The number of nitrogens with zero attached hydrogens (tertiary/aromatic N) is 1. The fraction of sp³-hybridized carbons (Fsp3) is 0.0769. The number of carbonyl (C=O) groups is 1. The number of amides is 1. The lowest BCUT2D eigenvalue weighted by Crippen LogP contribution is -2.18. The van der Waals surface area contributed by atoms with Gasteiger partial charge >= 0.3 is 0 Å². The van der Waals surface area contributed by atoms with Gasteiger partial charge in [0.25, 0.3) is 5.91 Å². The van der Waals surface area contributed by atoms with E-state index in [1.807, 2.05) is 0 Å². The molecular weight excluding hydrogens is 314 g/mol. The molecule has 2 N–H and O–H groups in total. The number of aromatic nitrogens is 1. The molecule has 0 fully saturated rings. The van der Waals surface area contributed by atoms with Crippen LogP contribution in [0, 0.1) is 0 Å². The lowest BCUT2D eigenvalue weighted by molar-refractivity contribution is 0.102. The minimum Gasteiger partial charge on any atom is -0.321 e. The number of hydrogen-bond donors (Lipinski definition) is 2. The summed E-state index contributed by atoms with van der Waals surface area (Å²) in [6, 6.07) is 8.78. The lowest BCUT2D eigenvalue weighted by Gasteiger charge is -2.06. The van der Waals surface area contributed by atoms with E-state index >= 15 is 0 Å². The van der Waals surface area contributed by atoms with E-state index in [1.54, 1.807) is 6.07 Å². The molecule has 1 heterocycles. The van der Waals surface area contributed by atoms with Crippen molar-refractivity contribution in [3.63, 3.8) is 0 Å². The number of halogens is 1. The normalized spacial score (nSPS) is 11.1. The molecular formula is C13H12ClN3O3S. The highest BCUT2D eigenvalue weighted by atomic mass is 35.5. The van der Waals surface area contributed by atoms with Crippen LogP contribution in [0.1, 0.15) is 10.5 Å². The molecule has 110 valence electrons. The predicted molar refractivity (Wildman–Crippen MR) is 79.9 cm³/mol. The average Bonchev–Trinajstić information content (AvgIpc) is 2.48. The fourth-order valence-electron chi connectivity index (χ4n) is 1.56. The molecule has 0 radical (unpaired) electrons. The molecule has 0 saturated heterocycles. The van der Waals surface area contributed by atoms with Crippen molar-refractivity contribution in [3.8, 4) is 0 Å². The Morgan fingerprint density at radius 3 is 2.43 bits per heavy atom. The summed E-state index contributed by atoms with van der Waals surface area (Å²) in [7, 11) is -2.16. The third kappa shape index (κ3) is 3.78. The second kappa shape index (κ2) is 6.21. The summed E-state index contributed by atoms with van der Waals surface area (Å²) >= 11 is 5.79. The molecule has 2 aromatic rings. The van der Waals surface area contributed by atoms with Crippen LogP contribution in [0.3, 0.4) is 0 Å². The molecule has 0 aliphatic carbocycles. The first-order valence-corrected chi connectivity index (χ1v) is 7.75. The van der Waals surface area contributed by atoms with Crippen molar-refractivity contribution < 1.29 is 13.2 Å². The predicted octanol–water partition coefficient (Wildman–Crippen LogP) is 1.90. The van der Waals surface area contributed by atoms with E-state index in [0.29, 0.717) is 10.7 Å². The van der Waals surface area contributed by atoms with E-state index in [1.165, 1.54) is 43.6 Å².